The van der Waals surface area contributed by atoms with Crippen LogP contribution in [0.15, 0.2) is 29.2 Å². The van der Waals surface area contributed by atoms with Gasteiger partial charge in [-0.15, -0.1) is 0 Å². The van der Waals surface area contributed by atoms with E-state index in [2.05, 4.69) is 5.32 Å². The number of amides is 1. The van der Waals surface area contributed by atoms with Gasteiger partial charge >= 0.3 is 0 Å². The lowest BCUT2D eigenvalue weighted by Gasteiger charge is -2.18. The molecule has 0 fully saturated rings. The molecule has 1 amide bonds. The second kappa shape index (κ2) is 7.60. The largest absolute Gasteiger partial charge is 0.494 e. The standard InChI is InChI=1S/C15H24N2O4S/c1-15(2,16)11-17-14(18)5-4-10-21-12-6-8-13(9-7-12)22(3,19)20/h6-9H,4-5,10-11,16H2,1-3H3,(H,17,18). The third-order valence-electron chi connectivity index (χ3n) is 2.81. The van der Waals surface area contributed by atoms with E-state index in [1.807, 2.05) is 13.8 Å². The van der Waals surface area contributed by atoms with Crippen LogP contribution < -0.4 is 15.8 Å². The van der Waals surface area contributed by atoms with Crippen LogP contribution in [0.2, 0.25) is 0 Å². The molecule has 1 aromatic carbocycles. The van der Waals surface area contributed by atoms with Crippen LogP contribution in [0.3, 0.4) is 0 Å². The van der Waals surface area contributed by atoms with Gasteiger partial charge in [0.05, 0.1) is 11.5 Å². The van der Waals surface area contributed by atoms with Crippen molar-refractivity contribution in [2.45, 2.75) is 37.1 Å². The van der Waals surface area contributed by atoms with E-state index >= 15 is 0 Å². The molecule has 0 aromatic heterocycles. The molecule has 0 saturated heterocycles. The summed E-state index contributed by atoms with van der Waals surface area (Å²) in [5.74, 6) is 0.519. The average Bonchev–Trinajstić information content (AvgIpc) is 2.40. The van der Waals surface area contributed by atoms with Crippen molar-refractivity contribution in [1.82, 2.24) is 5.32 Å². The molecule has 0 unspecified atom stereocenters. The molecule has 0 saturated carbocycles. The SMILES string of the molecule is CC(C)(N)CNC(=O)CCCOc1ccc(S(C)(=O)=O)cc1. The zero-order chi connectivity index (χ0) is 16.8. The number of sulfone groups is 1. The quantitative estimate of drug-likeness (QED) is 0.696. The van der Waals surface area contributed by atoms with Crippen molar-refractivity contribution in [3.8, 4) is 5.75 Å². The number of carbonyl (C=O) groups excluding carboxylic acids is 1. The lowest BCUT2D eigenvalue weighted by atomic mass is 10.1. The molecule has 1 aromatic rings. The molecule has 0 atom stereocenters. The van der Waals surface area contributed by atoms with Crippen molar-refractivity contribution in [3.05, 3.63) is 24.3 Å². The van der Waals surface area contributed by atoms with Crippen molar-refractivity contribution in [2.75, 3.05) is 19.4 Å². The van der Waals surface area contributed by atoms with E-state index in [1.165, 1.54) is 12.1 Å². The Morgan fingerprint density at radius 3 is 2.36 bits per heavy atom. The summed E-state index contributed by atoms with van der Waals surface area (Å²) in [6.07, 6.45) is 2.09. The highest BCUT2D eigenvalue weighted by Crippen LogP contribution is 2.16. The molecule has 0 heterocycles. The molecule has 6 nitrogen and oxygen atoms in total. The molecule has 0 aliphatic heterocycles. The van der Waals surface area contributed by atoms with Crippen LogP contribution in [0.5, 0.6) is 5.75 Å². The monoisotopic (exact) mass is 328 g/mol. The smallest absolute Gasteiger partial charge is 0.220 e. The molecule has 0 bridgehead atoms. The lowest BCUT2D eigenvalue weighted by molar-refractivity contribution is -0.121. The van der Waals surface area contributed by atoms with Gasteiger partial charge in [-0.05, 0) is 44.5 Å². The number of carbonyl (C=O) groups is 1. The molecule has 22 heavy (non-hydrogen) atoms. The van der Waals surface area contributed by atoms with Crippen LogP contribution in [0.4, 0.5) is 0 Å². The van der Waals surface area contributed by atoms with E-state index in [0.29, 0.717) is 31.7 Å². The Morgan fingerprint density at radius 1 is 1.27 bits per heavy atom. The molecule has 0 aliphatic carbocycles. The predicted octanol–water partition coefficient (Wildman–Crippen LogP) is 1.10. The van der Waals surface area contributed by atoms with Crippen LogP contribution in [0.1, 0.15) is 26.7 Å². The third kappa shape index (κ3) is 7.42. The van der Waals surface area contributed by atoms with E-state index in [-0.39, 0.29) is 10.8 Å². The predicted molar refractivity (Wildman–Crippen MR) is 85.6 cm³/mol. The van der Waals surface area contributed by atoms with Gasteiger partial charge in [-0.3, -0.25) is 4.79 Å². The van der Waals surface area contributed by atoms with Gasteiger partial charge < -0.3 is 15.8 Å². The van der Waals surface area contributed by atoms with Crippen LogP contribution in [-0.2, 0) is 14.6 Å². The minimum absolute atomic E-state index is 0.0606. The highest BCUT2D eigenvalue weighted by atomic mass is 32.2. The summed E-state index contributed by atoms with van der Waals surface area (Å²) >= 11 is 0. The molecular weight excluding hydrogens is 304 g/mol. The Morgan fingerprint density at radius 2 is 1.86 bits per heavy atom. The Hall–Kier alpha value is -1.60. The Kier molecular flexibility index (Phi) is 6.37. The minimum atomic E-state index is -3.19. The first-order valence-electron chi connectivity index (χ1n) is 7.06. The maximum atomic E-state index is 11.6. The summed E-state index contributed by atoms with van der Waals surface area (Å²) in [5.41, 5.74) is 5.35. The molecule has 1 rings (SSSR count). The van der Waals surface area contributed by atoms with Crippen LogP contribution in [0, 0.1) is 0 Å². The fourth-order valence-corrected chi connectivity index (χ4v) is 2.25. The maximum Gasteiger partial charge on any atom is 0.220 e. The van der Waals surface area contributed by atoms with Crippen molar-refractivity contribution < 1.29 is 17.9 Å². The van der Waals surface area contributed by atoms with E-state index < -0.39 is 15.4 Å². The number of benzene rings is 1. The summed E-state index contributed by atoms with van der Waals surface area (Å²) in [6.45, 7) is 4.50. The maximum absolute atomic E-state index is 11.6. The van der Waals surface area contributed by atoms with Gasteiger partial charge in [0.25, 0.3) is 0 Å². The molecule has 0 radical (unpaired) electrons. The molecule has 3 N–H and O–H groups in total. The number of nitrogens with two attached hydrogens (primary N) is 1. The Balaban J connectivity index is 2.29. The van der Waals surface area contributed by atoms with Crippen molar-refractivity contribution >= 4 is 15.7 Å². The van der Waals surface area contributed by atoms with Gasteiger partial charge in [-0.1, -0.05) is 0 Å². The number of hydrogen-bond donors (Lipinski definition) is 2. The van der Waals surface area contributed by atoms with Gasteiger partial charge in [-0.25, -0.2) is 8.42 Å². The highest BCUT2D eigenvalue weighted by molar-refractivity contribution is 7.90. The van der Waals surface area contributed by atoms with E-state index in [0.717, 1.165) is 6.26 Å². The second-order valence-electron chi connectivity index (χ2n) is 5.96. The third-order valence-corrected chi connectivity index (χ3v) is 3.94. The van der Waals surface area contributed by atoms with E-state index in [4.69, 9.17) is 10.5 Å². The second-order valence-corrected chi connectivity index (χ2v) is 7.98. The topological polar surface area (TPSA) is 98.5 Å². The highest BCUT2D eigenvalue weighted by Gasteiger charge is 2.12. The van der Waals surface area contributed by atoms with Gasteiger partial charge in [0.15, 0.2) is 9.84 Å². The van der Waals surface area contributed by atoms with Gasteiger partial charge in [0.2, 0.25) is 5.91 Å². The van der Waals surface area contributed by atoms with Crippen molar-refractivity contribution in [1.29, 1.82) is 0 Å². The lowest BCUT2D eigenvalue weighted by Crippen LogP contribution is -2.45. The van der Waals surface area contributed by atoms with E-state index in [1.54, 1.807) is 12.1 Å². The summed E-state index contributed by atoms with van der Waals surface area (Å²) in [4.78, 5) is 11.8. The first-order valence-corrected chi connectivity index (χ1v) is 8.95. The van der Waals surface area contributed by atoms with Crippen LogP contribution >= 0.6 is 0 Å². The average molecular weight is 328 g/mol. The molecule has 0 spiro atoms. The molecule has 0 aliphatic rings. The molecule has 7 heteroatoms. The van der Waals surface area contributed by atoms with Gasteiger partial charge in [0.1, 0.15) is 5.75 Å². The first kappa shape index (κ1) is 18.4. The zero-order valence-corrected chi connectivity index (χ0v) is 14.1. The number of ether oxygens (including phenoxy) is 1. The Bertz CT molecular complexity index is 589. The van der Waals surface area contributed by atoms with Gasteiger partial charge in [0, 0.05) is 24.8 Å². The number of nitrogens with one attached hydrogen (secondary N) is 1. The fourth-order valence-electron chi connectivity index (χ4n) is 1.62. The summed E-state index contributed by atoms with van der Waals surface area (Å²) in [7, 11) is -3.19. The number of rotatable bonds is 8. The summed E-state index contributed by atoms with van der Waals surface area (Å²) in [5, 5.41) is 2.76. The van der Waals surface area contributed by atoms with Crippen LogP contribution in [0.25, 0.3) is 0 Å². The normalized spacial score (nSPS) is 12.0. The fraction of sp³-hybridized carbons (Fsp3) is 0.533. The van der Waals surface area contributed by atoms with Crippen molar-refractivity contribution in [3.63, 3.8) is 0 Å². The first-order chi connectivity index (χ1) is 10.1. The summed E-state index contributed by atoms with van der Waals surface area (Å²) < 4.78 is 28.1. The molecular formula is C15H24N2O4S. The summed E-state index contributed by atoms with van der Waals surface area (Å²) in [6, 6.07) is 6.21. The zero-order valence-electron chi connectivity index (χ0n) is 13.3. The number of hydrogen-bond acceptors (Lipinski definition) is 5. The van der Waals surface area contributed by atoms with Gasteiger partial charge in [-0.2, -0.15) is 0 Å². The Labute approximate surface area is 132 Å². The minimum Gasteiger partial charge on any atom is -0.494 e. The van der Waals surface area contributed by atoms with Crippen molar-refractivity contribution in [2.24, 2.45) is 5.73 Å². The molecule has 124 valence electrons. The van der Waals surface area contributed by atoms with E-state index in [9.17, 15) is 13.2 Å². The van der Waals surface area contributed by atoms with Crippen LogP contribution in [-0.4, -0.2) is 39.3 Å².